The van der Waals surface area contributed by atoms with Gasteiger partial charge in [0.15, 0.2) is 0 Å². The highest BCUT2D eigenvalue weighted by molar-refractivity contribution is 5.89. The van der Waals surface area contributed by atoms with Gasteiger partial charge in [-0.2, -0.15) is 5.10 Å². The summed E-state index contributed by atoms with van der Waals surface area (Å²) in [5, 5.41) is 15.1. The van der Waals surface area contributed by atoms with Crippen molar-refractivity contribution in [2.75, 3.05) is 0 Å². The number of aromatic carboxylic acids is 1. The van der Waals surface area contributed by atoms with Crippen LogP contribution >= 0.6 is 0 Å². The van der Waals surface area contributed by atoms with E-state index >= 15 is 0 Å². The highest BCUT2D eigenvalue weighted by Gasteiger charge is 2.44. The lowest BCUT2D eigenvalue weighted by molar-refractivity contribution is 0.0697. The monoisotopic (exact) mass is 625 g/mol. The van der Waals surface area contributed by atoms with Gasteiger partial charge in [-0.05, 0) is 53.9 Å². The molecule has 4 heterocycles. The molecule has 1 aliphatic carbocycles. The van der Waals surface area contributed by atoms with Crippen LogP contribution in [-0.4, -0.2) is 35.2 Å². The van der Waals surface area contributed by atoms with Crippen LogP contribution in [-0.2, 0) is 5.54 Å². The second-order valence-corrected chi connectivity index (χ2v) is 11.9. The summed E-state index contributed by atoms with van der Waals surface area (Å²) in [6.07, 6.45) is 17.4. The SMILES string of the molecule is O=C(O)c1ccc(-c2nn(C(c3ccccc3)(c3ccccc3)C3C=CC=CC3)cc2-c2ccc3ncc(-c4ccccn4)n3c2)cc1. The molecule has 1 atom stereocenters. The fraction of sp³-hybridized carbons (Fsp3) is 0.0732. The van der Waals surface area contributed by atoms with Gasteiger partial charge in [0.25, 0.3) is 0 Å². The van der Waals surface area contributed by atoms with Crippen molar-refractivity contribution in [2.45, 2.75) is 12.0 Å². The minimum atomic E-state index is -0.968. The fourth-order valence-electron chi connectivity index (χ4n) is 6.90. The number of nitrogens with zero attached hydrogens (tertiary/aromatic N) is 5. The van der Waals surface area contributed by atoms with Crippen molar-refractivity contribution < 1.29 is 9.90 Å². The largest absolute Gasteiger partial charge is 0.478 e. The third-order valence-corrected chi connectivity index (χ3v) is 9.17. The topological polar surface area (TPSA) is 85.3 Å². The average molecular weight is 626 g/mol. The smallest absolute Gasteiger partial charge is 0.335 e. The highest BCUT2D eigenvalue weighted by Crippen LogP contribution is 2.46. The van der Waals surface area contributed by atoms with Crippen molar-refractivity contribution >= 4 is 11.6 Å². The maximum absolute atomic E-state index is 11.8. The molecule has 1 aliphatic rings. The molecule has 1 N–H and O–H groups in total. The van der Waals surface area contributed by atoms with Crippen LogP contribution in [0, 0.1) is 5.92 Å². The van der Waals surface area contributed by atoms with Crippen molar-refractivity contribution in [3.8, 4) is 33.8 Å². The van der Waals surface area contributed by atoms with Gasteiger partial charge in [0.2, 0.25) is 0 Å². The van der Waals surface area contributed by atoms with Crippen molar-refractivity contribution in [3.05, 3.63) is 181 Å². The van der Waals surface area contributed by atoms with Gasteiger partial charge in [-0.15, -0.1) is 0 Å². The molecule has 3 aromatic carbocycles. The number of hydrogen-bond donors (Lipinski definition) is 1. The Kier molecular flexibility index (Phi) is 7.34. The Labute approximate surface area is 277 Å². The molecule has 0 saturated carbocycles. The summed E-state index contributed by atoms with van der Waals surface area (Å²) in [4.78, 5) is 21.0. The number of carboxylic acids is 1. The van der Waals surface area contributed by atoms with Crippen LogP contribution in [0.3, 0.4) is 0 Å². The average Bonchev–Trinajstić information content (AvgIpc) is 3.79. The Balaban J connectivity index is 1.41. The Hall–Kier alpha value is -6.34. The van der Waals surface area contributed by atoms with E-state index in [-0.39, 0.29) is 11.5 Å². The van der Waals surface area contributed by atoms with E-state index in [4.69, 9.17) is 5.10 Å². The number of benzene rings is 3. The summed E-state index contributed by atoms with van der Waals surface area (Å²) < 4.78 is 4.18. The molecule has 48 heavy (non-hydrogen) atoms. The molecule has 0 amide bonds. The zero-order chi connectivity index (χ0) is 32.5. The van der Waals surface area contributed by atoms with E-state index in [2.05, 4.69) is 110 Å². The number of fused-ring (bicyclic) bond motifs is 1. The van der Waals surface area contributed by atoms with Gasteiger partial charge in [-0.3, -0.25) is 14.1 Å². The van der Waals surface area contributed by atoms with E-state index in [0.29, 0.717) is 0 Å². The normalized spacial score (nSPS) is 14.4. The number of rotatable bonds is 8. The Morgan fingerprint density at radius 1 is 0.750 bits per heavy atom. The fourth-order valence-corrected chi connectivity index (χ4v) is 6.90. The molecular formula is C41H31N5O2. The second kappa shape index (κ2) is 12.1. The van der Waals surface area contributed by atoms with Crippen LogP contribution in [0.25, 0.3) is 39.4 Å². The Morgan fingerprint density at radius 2 is 1.46 bits per heavy atom. The van der Waals surface area contributed by atoms with Gasteiger partial charge in [0.1, 0.15) is 16.9 Å². The van der Waals surface area contributed by atoms with Crippen molar-refractivity contribution in [1.29, 1.82) is 0 Å². The first-order chi connectivity index (χ1) is 23.6. The van der Waals surface area contributed by atoms with Crippen molar-refractivity contribution in [1.82, 2.24) is 24.1 Å². The van der Waals surface area contributed by atoms with E-state index in [9.17, 15) is 9.90 Å². The summed E-state index contributed by atoms with van der Waals surface area (Å²) in [6.45, 7) is 0. The lowest BCUT2D eigenvalue weighted by Crippen LogP contribution is -2.43. The van der Waals surface area contributed by atoms with Gasteiger partial charge >= 0.3 is 5.97 Å². The van der Waals surface area contributed by atoms with Gasteiger partial charge in [0, 0.05) is 41.2 Å². The summed E-state index contributed by atoms with van der Waals surface area (Å²) in [5.41, 5.74) is 7.69. The molecule has 7 heteroatoms. The third-order valence-electron chi connectivity index (χ3n) is 9.17. The zero-order valence-electron chi connectivity index (χ0n) is 26.0. The Morgan fingerprint density at radius 3 is 2.10 bits per heavy atom. The molecule has 0 radical (unpaired) electrons. The van der Waals surface area contributed by atoms with Crippen LogP contribution in [0.1, 0.15) is 27.9 Å². The van der Waals surface area contributed by atoms with E-state index in [1.807, 2.05) is 54.7 Å². The molecular weight excluding hydrogens is 594 g/mol. The quantitative estimate of drug-likeness (QED) is 0.183. The maximum Gasteiger partial charge on any atom is 0.335 e. The predicted octanol–water partition coefficient (Wildman–Crippen LogP) is 8.55. The molecule has 4 aromatic heterocycles. The number of allylic oxidation sites excluding steroid dienone is 4. The number of carbonyl (C=O) groups is 1. The first-order valence-corrected chi connectivity index (χ1v) is 15.9. The lowest BCUT2D eigenvalue weighted by atomic mass is 9.70. The number of aromatic nitrogens is 5. The number of pyridine rings is 2. The molecule has 0 bridgehead atoms. The van der Waals surface area contributed by atoms with E-state index in [1.54, 1.807) is 18.3 Å². The van der Waals surface area contributed by atoms with Gasteiger partial charge in [-0.25, -0.2) is 9.78 Å². The molecule has 232 valence electrons. The number of carboxylic acid groups (broad SMARTS) is 1. The predicted molar refractivity (Wildman–Crippen MR) is 187 cm³/mol. The van der Waals surface area contributed by atoms with E-state index in [0.717, 1.165) is 57.0 Å². The minimum Gasteiger partial charge on any atom is -0.478 e. The Bertz CT molecular complexity index is 2250. The summed E-state index contributed by atoms with van der Waals surface area (Å²) in [5.74, 6) is -0.918. The summed E-state index contributed by atoms with van der Waals surface area (Å²) in [7, 11) is 0. The van der Waals surface area contributed by atoms with Gasteiger partial charge in [-0.1, -0.05) is 103 Å². The molecule has 1 unspecified atom stereocenters. The van der Waals surface area contributed by atoms with Gasteiger partial charge < -0.3 is 5.11 Å². The van der Waals surface area contributed by atoms with Crippen LogP contribution in [0.4, 0.5) is 0 Å². The lowest BCUT2D eigenvalue weighted by Gasteiger charge is -2.41. The minimum absolute atomic E-state index is 0.0502. The number of hydrogen-bond acceptors (Lipinski definition) is 4. The third kappa shape index (κ3) is 4.93. The van der Waals surface area contributed by atoms with Crippen molar-refractivity contribution in [3.63, 3.8) is 0 Å². The molecule has 7 aromatic rings. The van der Waals surface area contributed by atoms with Crippen LogP contribution in [0.5, 0.6) is 0 Å². The molecule has 0 aliphatic heterocycles. The highest BCUT2D eigenvalue weighted by atomic mass is 16.4. The van der Waals surface area contributed by atoms with Crippen LogP contribution in [0.15, 0.2) is 164 Å². The second-order valence-electron chi connectivity index (χ2n) is 11.9. The molecule has 8 rings (SSSR count). The number of imidazole rings is 1. The van der Waals surface area contributed by atoms with Gasteiger partial charge in [0.05, 0.1) is 23.1 Å². The molecule has 0 fully saturated rings. The first-order valence-electron chi connectivity index (χ1n) is 15.9. The zero-order valence-corrected chi connectivity index (χ0v) is 26.0. The van der Waals surface area contributed by atoms with E-state index in [1.165, 1.54) is 0 Å². The van der Waals surface area contributed by atoms with E-state index < -0.39 is 11.5 Å². The standard InChI is InChI=1S/C41H31N5O2/c47-40(48)30-21-19-29(20-22-30)39-35(31-23-24-38-43-26-37(45(38)27-31)36-18-10-11-25-42-36)28-46(44-39)41(32-12-4-1-5-13-32,33-14-6-2-7-15-33)34-16-8-3-9-17-34/h1-16,18-28,34H,17H2,(H,47,48). The van der Waals surface area contributed by atoms with Crippen LogP contribution < -0.4 is 0 Å². The molecule has 0 saturated heterocycles. The molecule has 0 spiro atoms. The summed E-state index contributed by atoms with van der Waals surface area (Å²) in [6, 6.07) is 38.0. The first kappa shape index (κ1) is 29.1. The summed E-state index contributed by atoms with van der Waals surface area (Å²) >= 11 is 0. The molecule has 7 nitrogen and oxygen atoms in total. The van der Waals surface area contributed by atoms with Crippen LogP contribution in [0.2, 0.25) is 0 Å². The van der Waals surface area contributed by atoms with Crippen molar-refractivity contribution in [2.24, 2.45) is 5.92 Å². The maximum atomic E-state index is 11.8.